The van der Waals surface area contributed by atoms with Crippen molar-refractivity contribution < 1.29 is 4.39 Å². The molecule has 0 saturated carbocycles. The molecular weight excluding hydrogens is 300 g/mol. The summed E-state index contributed by atoms with van der Waals surface area (Å²) in [6, 6.07) is 6.45. The Kier molecular flexibility index (Phi) is 4.78. The van der Waals surface area contributed by atoms with Gasteiger partial charge in [0, 0.05) is 18.2 Å². The lowest BCUT2D eigenvalue weighted by atomic mass is 10.1. The smallest absolute Gasteiger partial charge is 0.138 e. The zero-order valence-electron chi connectivity index (χ0n) is 11.1. The van der Waals surface area contributed by atoms with E-state index in [4.69, 9.17) is 23.2 Å². The van der Waals surface area contributed by atoms with Gasteiger partial charge in [-0.3, -0.25) is 0 Å². The van der Waals surface area contributed by atoms with E-state index >= 15 is 0 Å². The Hall–Kier alpha value is -1.39. The largest absolute Gasteiger partial charge is 0.352 e. The molecule has 0 fully saturated rings. The topological polar surface area (TPSA) is 29.0 Å². The summed E-state index contributed by atoms with van der Waals surface area (Å²) in [6.07, 6.45) is 1.37. The minimum Gasteiger partial charge on any atom is -0.352 e. The fraction of sp³-hybridized carbons (Fsp3) is 0.286. The minimum atomic E-state index is -0.251. The second kappa shape index (κ2) is 6.37. The first kappa shape index (κ1) is 15.0. The van der Waals surface area contributed by atoms with Gasteiger partial charge in [-0.25, -0.2) is 14.4 Å². The average Bonchev–Trinajstić information content (AvgIpc) is 2.46. The summed E-state index contributed by atoms with van der Waals surface area (Å²) < 4.78 is 13.9. The Balaban J connectivity index is 2.39. The van der Waals surface area contributed by atoms with E-state index in [0.717, 1.165) is 0 Å². The highest BCUT2D eigenvalue weighted by molar-refractivity contribution is 6.31. The highest BCUT2D eigenvalue weighted by Gasteiger charge is 2.20. The first-order valence-electron chi connectivity index (χ1n) is 6.08. The van der Waals surface area contributed by atoms with Crippen molar-refractivity contribution in [3.05, 3.63) is 52.7 Å². The van der Waals surface area contributed by atoms with Crippen molar-refractivity contribution in [1.82, 2.24) is 9.97 Å². The van der Waals surface area contributed by atoms with E-state index in [2.05, 4.69) is 9.97 Å². The lowest BCUT2D eigenvalue weighted by Crippen LogP contribution is -2.24. The summed E-state index contributed by atoms with van der Waals surface area (Å²) in [7, 11) is 1.83. The van der Waals surface area contributed by atoms with E-state index in [1.54, 1.807) is 18.2 Å². The van der Waals surface area contributed by atoms with Crippen LogP contribution in [0.5, 0.6) is 0 Å². The maximum absolute atomic E-state index is 13.9. The van der Waals surface area contributed by atoms with Crippen molar-refractivity contribution in [1.29, 1.82) is 0 Å². The summed E-state index contributed by atoms with van der Waals surface area (Å²) >= 11 is 11.9. The first-order chi connectivity index (χ1) is 9.56. The lowest BCUT2D eigenvalue weighted by Gasteiger charge is -2.28. The summed E-state index contributed by atoms with van der Waals surface area (Å²) in [5.41, 5.74) is 1.23. The normalized spacial score (nSPS) is 12.2. The van der Waals surface area contributed by atoms with Crippen LogP contribution in [0.2, 0.25) is 5.15 Å². The van der Waals surface area contributed by atoms with Crippen molar-refractivity contribution in [2.24, 2.45) is 0 Å². The predicted octanol–water partition coefficient (Wildman–Crippen LogP) is 4.21. The van der Waals surface area contributed by atoms with Gasteiger partial charge >= 0.3 is 0 Å². The number of halogens is 3. The van der Waals surface area contributed by atoms with Crippen LogP contribution in [0.15, 0.2) is 30.6 Å². The van der Waals surface area contributed by atoms with E-state index in [1.165, 1.54) is 12.4 Å². The molecule has 0 radical (unpaired) electrons. The van der Waals surface area contributed by atoms with Crippen LogP contribution in [0.1, 0.15) is 24.1 Å². The van der Waals surface area contributed by atoms with Gasteiger partial charge in [0.25, 0.3) is 0 Å². The van der Waals surface area contributed by atoms with E-state index in [1.807, 2.05) is 18.9 Å². The number of alkyl halides is 1. The summed E-state index contributed by atoms with van der Waals surface area (Å²) in [6.45, 7) is 1.90. The molecule has 1 atom stereocenters. The average molecular weight is 314 g/mol. The van der Waals surface area contributed by atoms with Crippen molar-refractivity contribution in [3.63, 3.8) is 0 Å². The SMILES string of the molecule is CC(c1ccccc1F)N(C)c1ncnc(Cl)c1CCl. The third-order valence-corrected chi connectivity index (χ3v) is 3.87. The molecule has 2 rings (SSSR count). The molecule has 1 unspecified atom stereocenters. The standard InChI is InChI=1S/C14H14Cl2FN3/c1-9(10-5-3-4-6-12(10)17)20(2)14-11(7-15)13(16)18-8-19-14/h3-6,8-9H,7H2,1-2H3. The monoisotopic (exact) mass is 313 g/mol. The van der Waals surface area contributed by atoms with E-state index in [0.29, 0.717) is 22.1 Å². The van der Waals surface area contributed by atoms with Crippen LogP contribution in [-0.4, -0.2) is 17.0 Å². The number of nitrogens with zero attached hydrogens (tertiary/aromatic N) is 3. The molecule has 106 valence electrons. The van der Waals surface area contributed by atoms with Gasteiger partial charge in [0.05, 0.1) is 11.9 Å². The molecule has 1 heterocycles. The molecular formula is C14H14Cl2FN3. The van der Waals surface area contributed by atoms with Crippen molar-refractivity contribution in [2.75, 3.05) is 11.9 Å². The van der Waals surface area contributed by atoms with Gasteiger partial charge in [-0.05, 0) is 13.0 Å². The van der Waals surface area contributed by atoms with Gasteiger partial charge in [0.1, 0.15) is 23.1 Å². The van der Waals surface area contributed by atoms with Crippen molar-refractivity contribution in [3.8, 4) is 0 Å². The molecule has 1 aromatic heterocycles. The Labute approximate surface area is 127 Å². The quantitative estimate of drug-likeness (QED) is 0.625. The molecule has 2 aromatic rings. The van der Waals surface area contributed by atoms with Gasteiger partial charge in [0.2, 0.25) is 0 Å². The van der Waals surface area contributed by atoms with Crippen LogP contribution in [0.25, 0.3) is 0 Å². The third-order valence-electron chi connectivity index (χ3n) is 3.27. The molecule has 0 aliphatic heterocycles. The van der Waals surface area contributed by atoms with Crippen molar-refractivity contribution >= 4 is 29.0 Å². The van der Waals surface area contributed by atoms with Gasteiger partial charge in [-0.1, -0.05) is 29.8 Å². The summed E-state index contributed by atoms with van der Waals surface area (Å²) in [5, 5.41) is 0.317. The predicted molar refractivity (Wildman–Crippen MR) is 79.8 cm³/mol. The fourth-order valence-corrected chi connectivity index (χ4v) is 2.52. The van der Waals surface area contributed by atoms with Crippen LogP contribution >= 0.6 is 23.2 Å². The Morgan fingerprint density at radius 3 is 2.65 bits per heavy atom. The van der Waals surface area contributed by atoms with Gasteiger partial charge in [-0.2, -0.15) is 0 Å². The highest BCUT2D eigenvalue weighted by atomic mass is 35.5. The van der Waals surface area contributed by atoms with Crippen LogP contribution in [0.4, 0.5) is 10.2 Å². The molecule has 1 aromatic carbocycles. The van der Waals surface area contributed by atoms with E-state index in [-0.39, 0.29) is 17.7 Å². The van der Waals surface area contributed by atoms with Crippen molar-refractivity contribution in [2.45, 2.75) is 18.8 Å². The van der Waals surface area contributed by atoms with Gasteiger partial charge in [0.15, 0.2) is 0 Å². The van der Waals surface area contributed by atoms with Gasteiger partial charge < -0.3 is 4.90 Å². The molecule has 3 nitrogen and oxygen atoms in total. The molecule has 0 bridgehead atoms. The molecule has 0 spiro atoms. The zero-order chi connectivity index (χ0) is 14.7. The fourth-order valence-electron chi connectivity index (χ4n) is 2.01. The number of anilines is 1. The minimum absolute atomic E-state index is 0.198. The Morgan fingerprint density at radius 2 is 2.00 bits per heavy atom. The second-order valence-electron chi connectivity index (χ2n) is 4.41. The first-order valence-corrected chi connectivity index (χ1v) is 7.00. The van der Waals surface area contributed by atoms with E-state index in [9.17, 15) is 4.39 Å². The number of rotatable bonds is 4. The number of aromatic nitrogens is 2. The molecule has 0 aliphatic rings. The van der Waals surface area contributed by atoms with Crippen LogP contribution in [0.3, 0.4) is 0 Å². The lowest BCUT2D eigenvalue weighted by molar-refractivity contribution is 0.583. The molecule has 0 aliphatic carbocycles. The molecule has 0 N–H and O–H groups in total. The number of hydrogen-bond acceptors (Lipinski definition) is 3. The number of benzene rings is 1. The molecule has 20 heavy (non-hydrogen) atoms. The Bertz CT molecular complexity index is 607. The zero-order valence-corrected chi connectivity index (χ0v) is 12.7. The molecule has 6 heteroatoms. The highest BCUT2D eigenvalue weighted by Crippen LogP contribution is 2.30. The summed E-state index contributed by atoms with van der Waals surface area (Å²) in [5.74, 6) is 0.554. The number of hydrogen-bond donors (Lipinski definition) is 0. The maximum atomic E-state index is 13.9. The maximum Gasteiger partial charge on any atom is 0.138 e. The van der Waals surface area contributed by atoms with Crippen LogP contribution in [-0.2, 0) is 5.88 Å². The van der Waals surface area contributed by atoms with Crippen LogP contribution in [0, 0.1) is 5.82 Å². The summed E-state index contributed by atoms with van der Waals surface area (Å²) in [4.78, 5) is 9.96. The van der Waals surface area contributed by atoms with Crippen LogP contribution < -0.4 is 4.90 Å². The molecule has 0 amide bonds. The van der Waals surface area contributed by atoms with E-state index < -0.39 is 0 Å². The van der Waals surface area contributed by atoms with Gasteiger partial charge in [-0.15, -0.1) is 11.6 Å². The molecule has 0 saturated heterocycles. The second-order valence-corrected chi connectivity index (χ2v) is 5.03. The Morgan fingerprint density at radius 1 is 1.30 bits per heavy atom. The third kappa shape index (κ3) is 2.86.